The number of amides is 1. The highest BCUT2D eigenvalue weighted by molar-refractivity contribution is 6.45. The van der Waals surface area contributed by atoms with Gasteiger partial charge in [-0.15, -0.1) is 0 Å². The highest BCUT2D eigenvalue weighted by Gasteiger charge is 2.27. The third kappa shape index (κ3) is 3.39. The summed E-state index contributed by atoms with van der Waals surface area (Å²) in [7, 11) is 0. The van der Waals surface area contributed by atoms with Gasteiger partial charge in [-0.1, -0.05) is 30.3 Å². The molecule has 0 unspecified atom stereocenters. The fraction of sp³-hybridized carbons (Fsp3) is 0.150. The van der Waals surface area contributed by atoms with Crippen LogP contribution in [0.5, 0.6) is 5.75 Å². The molecule has 8 heteroatoms. The Morgan fingerprint density at radius 2 is 1.79 bits per heavy atom. The van der Waals surface area contributed by atoms with Crippen molar-refractivity contribution in [1.82, 2.24) is 4.57 Å². The molecule has 0 spiro atoms. The fourth-order valence-electron chi connectivity index (χ4n) is 3.23. The molecule has 1 heterocycles. The van der Waals surface area contributed by atoms with Crippen LogP contribution in [-0.4, -0.2) is 33.9 Å². The minimum absolute atomic E-state index is 0.0612. The number of ketones is 1. The number of anilines is 1. The first-order chi connectivity index (χ1) is 13.3. The molecule has 0 aliphatic rings. The molecule has 2 aromatic carbocycles. The second-order valence-corrected chi connectivity index (χ2v) is 6.28. The number of benzene rings is 2. The summed E-state index contributed by atoms with van der Waals surface area (Å²) in [6.07, 6.45) is 0. The topological polar surface area (TPSA) is 138 Å². The monoisotopic (exact) mass is 381 g/mol. The van der Waals surface area contributed by atoms with Crippen LogP contribution >= 0.6 is 0 Å². The van der Waals surface area contributed by atoms with E-state index >= 15 is 0 Å². The molecule has 0 bridgehead atoms. The van der Waals surface area contributed by atoms with E-state index in [0.29, 0.717) is 23.4 Å². The Labute approximate surface area is 160 Å². The first-order valence-corrected chi connectivity index (χ1v) is 8.45. The van der Waals surface area contributed by atoms with Crippen LogP contribution in [0.1, 0.15) is 21.6 Å². The van der Waals surface area contributed by atoms with E-state index in [4.69, 9.17) is 21.3 Å². The molecule has 1 aromatic heterocycles. The number of carbonyl (C=O) groups is 3. The molecule has 0 radical (unpaired) electrons. The molecule has 3 rings (SSSR count). The standard InChI is InChI=1S/C20H19N3O5/c1-11-16(19(26)20(22)27)17-14(28-10-15(24)25)8-7-13(21)18(17)23(11)9-12-5-3-2-4-6-12/h2-8H,9-10,21H2,1H3,(H2,22,27)(H,24,25). The second-order valence-electron chi connectivity index (χ2n) is 6.28. The van der Waals surface area contributed by atoms with Crippen LogP contribution in [0.4, 0.5) is 5.69 Å². The molecule has 28 heavy (non-hydrogen) atoms. The van der Waals surface area contributed by atoms with Crippen molar-refractivity contribution in [3.8, 4) is 5.75 Å². The molecule has 1 amide bonds. The smallest absolute Gasteiger partial charge is 0.341 e. The van der Waals surface area contributed by atoms with Gasteiger partial charge in [0.15, 0.2) is 6.61 Å². The van der Waals surface area contributed by atoms with E-state index in [1.807, 2.05) is 30.3 Å². The number of hydrogen-bond acceptors (Lipinski definition) is 5. The zero-order valence-corrected chi connectivity index (χ0v) is 15.1. The van der Waals surface area contributed by atoms with Gasteiger partial charge in [0, 0.05) is 12.2 Å². The lowest BCUT2D eigenvalue weighted by atomic mass is 10.0. The van der Waals surface area contributed by atoms with Gasteiger partial charge in [0.2, 0.25) is 0 Å². The van der Waals surface area contributed by atoms with Crippen LogP contribution < -0.4 is 16.2 Å². The predicted octanol–water partition coefficient (Wildman–Crippen LogP) is 1.71. The Hall–Kier alpha value is -3.81. The van der Waals surface area contributed by atoms with Gasteiger partial charge in [-0.3, -0.25) is 9.59 Å². The SMILES string of the molecule is Cc1c(C(=O)C(N)=O)c2c(OCC(=O)O)ccc(N)c2n1Cc1ccccc1. The van der Waals surface area contributed by atoms with Crippen LogP contribution in [0, 0.1) is 6.92 Å². The van der Waals surface area contributed by atoms with E-state index in [1.165, 1.54) is 6.07 Å². The molecule has 3 aromatic rings. The van der Waals surface area contributed by atoms with E-state index in [2.05, 4.69) is 0 Å². The average molecular weight is 381 g/mol. The van der Waals surface area contributed by atoms with E-state index in [9.17, 15) is 14.4 Å². The first kappa shape index (κ1) is 19.0. The van der Waals surface area contributed by atoms with E-state index in [0.717, 1.165) is 5.56 Å². The number of ether oxygens (including phenoxy) is 1. The van der Waals surface area contributed by atoms with Gasteiger partial charge in [0.1, 0.15) is 5.75 Å². The maximum Gasteiger partial charge on any atom is 0.341 e. The van der Waals surface area contributed by atoms with Crippen molar-refractivity contribution in [2.75, 3.05) is 12.3 Å². The number of hydrogen-bond donors (Lipinski definition) is 3. The largest absolute Gasteiger partial charge is 0.481 e. The summed E-state index contributed by atoms with van der Waals surface area (Å²) in [5.41, 5.74) is 13.8. The number of carboxylic acids is 1. The Kier molecular flexibility index (Phi) is 5.04. The quantitative estimate of drug-likeness (QED) is 0.324. The van der Waals surface area contributed by atoms with Crippen molar-refractivity contribution in [1.29, 1.82) is 0 Å². The average Bonchev–Trinajstić information content (AvgIpc) is 2.94. The summed E-state index contributed by atoms with van der Waals surface area (Å²) >= 11 is 0. The lowest BCUT2D eigenvalue weighted by Crippen LogP contribution is -2.24. The predicted molar refractivity (Wildman–Crippen MR) is 103 cm³/mol. The summed E-state index contributed by atoms with van der Waals surface area (Å²) in [6, 6.07) is 12.5. The minimum atomic E-state index is -1.17. The molecule has 0 fully saturated rings. The molecule has 0 aliphatic carbocycles. The molecule has 0 saturated heterocycles. The zero-order chi connectivity index (χ0) is 20.4. The van der Waals surface area contributed by atoms with Crippen molar-refractivity contribution < 1.29 is 24.2 Å². The molecule has 144 valence electrons. The summed E-state index contributed by atoms with van der Waals surface area (Å²) < 4.78 is 7.15. The number of aromatic nitrogens is 1. The van der Waals surface area contributed by atoms with Crippen molar-refractivity contribution in [3.63, 3.8) is 0 Å². The Balaban J connectivity index is 2.30. The van der Waals surface area contributed by atoms with Crippen molar-refractivity contribution in [2.45, 2.75) is 13.5 Å². The maximum absolute atomic E-state index is 12.5. The number of nitrogen functional groups attached to an aromatic ring is 1. The van der Waals surface area contributed by atoms with Crippen LogP contribution in [0.15, 0.2) is 42.5 Å². The molecular weight excluding hydrogens is 362 g/mol. The number of primary amides is 1. The van der Waals surface area contributed by atoms with Gasteiger partial charge in [-0.2, -0.15) is 0 Å². The molecular formula is C20H19N3O5. The van der Waals surface area contributed by atoms with Crippen molar-refractivity contribution in [2.24, 2.45) is 5.73 Å². The number of aliphatic carboxylic acids is 1. The van der Waals surface area contributed by atoms with Gasteiger partial charge in [-0.05, 0) is 24.6 Å². The van der Waals surface area contributed by atoms with E-state index < -0.39 is 24.3 Å². The van der Waals surface area contributed by atoms with Crippen LogP contribution in [0.25, 0.3) is 10.9 Å². The number of nitrogens with two attached hydrogens (primary N) is 2. The molecule has 5 N–H and O–H groups in total. The van der Waals surface area contributed by atoms with Crippen LogP contribution in [0.2, 0.25) is 0 Å². The first-order valence-electron chi connectivity index (χ1n) is 8.45. The Morgan fingerprint density at radius 3 is 2.39 bits per heavy atom. The number of fused-ring (bicyclic) bond motifs is 1. The van der Waals surface area contributed by atoms with Crippen molar-refractivity contribution >= 4 is 34.3 Å². The van der Waals surface area contributed by atoms with Crippen molar-refractivity contribution in [3.05, 3.63) is 59.3 Å². The van der Waals surface area contributed by atoms with Crippen LogP contribution in [0.3, 0.4) is 0 Å². The van der Waals surface area contributed by atoms with Crippen LogP contribution in [-0.2, 0) is 16.1 Å². The molecule has 0 atom stereocenters. The normalized spacial score (nSPS) is 10.8. The summed E-state index contributed by atoms with van der Waals surface area (Å²) in [5, 5.41) is 9.20. The number of carbonyl (C=O) groups excluding carboxylic acids is 2. The number of rotatable bonds is 7. The number of Topliss-reactive ketones (excluding diaryl/α,β-unsaturated/α-hetero) is 1. The lowest BCUT2D eigenvalue weighted by molar-refractivity contribution is -0.139. The second kappa shape index (κ2) is 7.43. The minimum Gasteiger partial charge on any atom is -0.481 e. The molecule has 8 nitrogen and oxygen atoms in total. The third-order valence-electron chi connectivity index (χ3n) is 4.44. The van der Waals surface area contributed by atoms with Gasteiger partial charge < -0.3 is 25.9 Å². The number of nitrogens with zero attached hydrogens (tertiary/aromatic N) is 1. The van der Waals surface area contributed by atoms with Gasteiger partial charge in [0.05, 0.1) is 22.2 Å². The summed E-state index contributed by atoms with van der Waals surface area (Å²) in [5.74, 6) is -3.03. The maximum atomic E-state index is 12.5. The third-order valence-corrected chi connectivity index (χ3v) is 4.44. The highest BCUT2D eigenvalue weighted by atomic mass is 16.5. The van der Waals surface area contributed by atoms with Gasteiger partial charge >= 0.3 is 5.97 Å². The molecule has 0 aliphatic heterocycles. The van der Waals surface area contributed by atoms with Gasteiger partial charge in [0.25, 0.3) is 11.7 Å². The van der Waals surface area contributed by atoms with Gasteiger partial charge in [-0.25, -0.2) is 4.79 Å². The lowest BCUT2D eigenvalue weighted by Gasteiger charge is -2.11. The molecule has 0 saturated carbocycles. The number of carboxylic acid groups (broad SMARTS) is 1. The zero-order valence-electron chi connectivity index (χ0n) is 15.1. The highest BCUT2D eigenvalue weighted by Crippen LogP contribution is 2.38. The summed E-state index contributed by atoms with van der Waals surface area (Å²) in [6.45, 7) is 1.47. The fourth-order valence-corrected chi connectivity index (χ4v) is 3.23. The Morgan fingerprint density at radius 1 is 1.11 bits per heavy atom. The van der Waals surface area contributed by atoms with E-state index in [1.54, 1.807) is 17.6 Å². The summed E-state index contributed by atoms with van der Waals surface area (Å²) in [4.78, 5) is 35.1. The van der Waals surface area contributed by atoms with E-state index in [-0.39, 0.29) is 16.7 Å². The Bertz CT molecular complexity index is 1090.